The molecule has 0 spiro atoms. The van der Waals surface area contributed by atoms with Crippen LogP contribution in [0.25, 0.3) is 0 Å². The summed E-state index contributed by atoms with van der Waals surface area (Å²) in [6.07, 6.45) is 3.06. The van der Waals surface area contributed by atoms with Gasteiger partial charge < -0.3 is 0 Å². The van der Waals surface area contributed by atoms with E-state index in [1.165, 1.54) is 6.20 Å². The molecule has 0 aliphatic carbocycles. The van der Waals surface area contributed by atoms with Crippen molar-refractivity contribution >= 4 is 11.6 Å². The van der Waals surface area contributed by atoms with Crippen molar-refractivity contribution in [3.63, 3.8) is 0 Å². The minimum atomic E-state index is -0.191. The molecule has 0 aliphatic heterocycles. The van der Waals surface area contributed by atoms with E-state index in [0.29, 0.717) is 17.7 Å². The van der Waals surface area contributed by atoms with E-state index >= 15 is 0 Å². The summed E-state index contributed by atoms with van der Waals surface area (Å²) in [5.41, 5.74) is 1.05. The van der Waals surface area contributed by atoms with Gasteiger partial charge in [0.15, 0.2) is 11.6 Å². The molecule has 0 amide bonds. The van der Waals surface area contributed by atoms with E-state index in [1.54, 1.807) is 35.1 Å². The van der Waals surface area contributed by atoms with Crippen molar-refractivity contribution in [3.05, 3.63) is 53.9 Å². The van der Waals surface area contributed by atoms with Crippen LogP contribution in [0.5, 0.6) is 0 Å². The Bertz CT molecular complexity index is 558. The molecule has 0 bridgehead atoms. The summed E-state index contributed by atoms with van der Waals surface area (Å²) in [4.78, 5) is 23.7. The van der Waals surface area contributed by atoms with E-state index in [1.807, 2.05) is 13.0 Å². The second-order valence-electron chi connectivity index (χ2n) is 3.97. The zero-order chi connectivity index (χ0) is 13.0. The van der Waals surface area contributed by atoms with Gasteiger partial charge in [0.25, 0.3) is 0 Å². The average molecular weight is 242 g/mol. The zero-order valence-electron chi connectivity index (χ0n) is 10.2. The lowest BCUT2D eigenvalue weighted by Gasteiger charge is -1.98. The van der Waals surface area contributed by atoms with E-state index in [0.717, 1.165) is 0 Å². The highest BCUT2D eigenvalue weighted by molar-refractivity contribution is 6.13. The maximum Gasteiger partial charge on any atom is 0.173 e. The standard InChI is InChI=1S/C14H14N2O2/c1-2-16-10-12(9-15-16)14(18)8-13(17)11-6-4-3-5-7-11/h3-7,9-10H,2,8H2,1H3. The number of benzene rings is 1. The van der Waals surface area contributed by atoms with Gasteiger partial charge in [0.1, 0.15) is 0 Å². The van der Waals surface area contributed by atoms with Crippen molar-refractivity contribution < 1.29 is 9.59 Å². The van der Waals surface area contributed by atoms with Gasteiger partial charge >= 0.3 is 0 Å². The highest BCUT2D eigenvalue weighted by atomic mass is 16.1. The molecule has 0 radical (unpaired) electrons. The summed E-state index contributed by atoms with van der Waals surface area (Å²) in [7, 11) is 0. The third-order valence-corrected chi connectivity index (χ3v) is 2.70. The van der Waals surface area contributed by atoms with Crippen molar-refractivity contribution in [1.82, 2.24) is 9.78 Å². The minimum absolute atomic E-state index is 0.112. The lowest BCUT2D eigenvalue weighted by Crippen LogP contribution is -2.08. The van der Waals surface area contributed by atoms with E-state index in [4.69, 9.17) is 0 Å². The van der Waals surface area contributed by atoms with Crippen LogP contribution in [0, 0.1) is 0 Å². The van der Waals surface area contributed by atoms with E-state index in [2.05, 4.69) is 5.10 Å². The smallest absolute Gasteiger partial charge is 0.173 e. The molecule has 1 heterocycles. The number of carbonyl (C=O) groups is 2. The van der Waals surface area contributed by atoms with Crippen LogP contribution in [0.2, 0.25) is 0 Å². The number of ketones is 2. The Labute approximate surface area is 105 Å². The minimum Gasteiger partial charge on any atom is -0.294 e. The first kappa shape index (κ1) is 12.2. The molecule has 0 atom stereocenters. The van der Waals surface area contributed by atoms with Gasteiger partial charge in [0, 0.05) is 18.3 Å². The first-order valence-electron chi connectivity index (χ1n) is 5.84. The Morgan fingerprint density at radius 1 is 1.11 bits per heavy atom. The van der Waals surface area contributed by atoms with Gasteiger partial charge in [0.2, 0.25) is 0 Å². The number of rotatable bonds is 5. The van der Waals surface area contributed by atoms with Crippen molar-refractivity contribution in [1.29, 1.82) is 0 Å². The molecule has 92 valence electrons. The van der Waals surface area contributed by atoms with Gasteiger partial charge in [-0.2, -0.15) is 5.10 Å². The van der Waals surface area contributed by atoms with Crippen LogP contribution in [-0.2, 0) is 6.54 Å². The van der Waals surface area contributed by atoms with E-state index in [9.17, 15) is 9.59 Å². The van der Waals surface area contributed by atoms with Crippen LogP contribution in [-0.4, -0.2) is 21.3 Å². The molecule has 0 unspecified atom stereocenters. The second-order valence-corrected chi connectivity index (χ2v) is 3.97. The van der Waals surface area contributed by atoms with Gasteiger partial charge in [-0.05, 0) is 6.92 Å². The molecule has 0 saturated heterocycles. The lowest BCUT2D eigenvalue weighted by molar-refractivity contribution is 0.0894. The predicted molar refractivity (Wildman–Crippen MR) is 67.6 cm³/mol. The summed E-state index contributed by atoms with van der Waals surface area (Å²) in [6, 6.07) is 8.83. The fourth-order valence-corrected chi connectivity index (χ4v) is 1.65. The van der Waals surface area contributed by atoms with Gasteiger partial charge in [0.05, 0.1) is 18.2 Å². The molecule has 2 rings (SSSR count). The molecule has 18 heavy (non-hydrogen) atoms. The van der Waals surface area contributed by atoms with Crippen LogP contribution in [0.1, 0.15) is 34.1 Å². The highest BCUT2D eigenvalue weighted by Crippen LogP contribution is 2.08. The largest absolute Gasteiger partial charge is 0.294 e. The predicted octanol–water partition coefficient (Wildman–Crippen LogP) is 2.36. The first-order valence-corrected chi connectivity index (χ1v) is 5.84. The SMILES string of the molecule is CCn1cc(C(=O)CC(=O)c2ccccc2)cn1. The maximum atomic E-state index is 11.9. The van der Waals surface area contributed by atoms with Crippen molar-refractivity contribution in [2.45, 2.75) is 19.9 Å². The number of aromatic nitrogens is 2. The fourth-order valence-electron chi connectivity index (χ4n) is 1.65. The topological polar surface area (TPSA) is 52.0 Å². The van der Waals surface area contributed by atoms with Gasteiger partial charge in [-0.3, -0.25) is 14.3 Å². The van der Waals surface area contributed by atoms with Crippen LogP contribution in [0.3, 0.4) is 0 Å². The molecule has 4 nitrogen and oxygen atoms in total. The Hall–Kier alpha value is -2.23. The molecule has 2 aromatic rings. The molecular weight excluding hydrogens is 228 g/mol. The number of Topliss-reactive ketones (excluding diaryl/α,β-unsaturated/α-hetero) is 2. The summed E-state index contributed by atoms with van der Waals surface area (Å²) in [5.74, 6) is -0.353. The zero-order valence-corrected chi connectivity index (χ0v) is 10.2. The number of aryl methyl sites for hydroxylation is 1. The van der Waals surface area contributed by atoms with E-state index in [-0.39, 0.29) is 18.0 Å². The molecular formula is C14H14N2O2. The van der Waals surface area contributed by atoms with Gasteiger partial charge in [-0.15, -0.1) is 0 Å². The fraction of sp³-hybridized carbons (Fsp3) is 0.214. The lowest BCUT2D eigenvalue weighted by atomic mass is 10.0. The summed E-state index contributed by atoms with van der Waals surface area (Å²) in [5, 5.41) is 4.02. The third-order valence-electron chi connectivity index (χ3n) is 2.70. The Balaban J connectivity index is 2.06. The van der Waals surface area contributed by atoms with Gasteiger partial charge in [-0.1, -0.05) is 30.3 Å². The molecule has 0 N–H and O–H groups in total. The summed E-state index contributed by atoms with van der Waals surface area (Å²) < 4.78 is 1.67. The summed E-state index contributed by atoms with van der Waals surface area (Å²) in [6.45, 7) is 2.65. The second kappa shape index (κ2) is 5.40. The Kier molecular flexibility index (Phi) is 3.67. The maximum absolute atomic E-state index is 11.9. The molecule has 4 heteroatoms. The normalized spacial score (nSPS) is 10.3. The number of carbonyl (C=O) groups excluding carboxylic acids is 2. The molecule has 0 saturated carbocycles. The quantitative estimate of drug-likeness (QED) is 0.597. The number of nitrogens with zero attached hydrogens (tertiary/aromatic N) is 2. The number of hydrogen-bond acceptors (Lipinski definition) is 3. The first-order chi connectivity index (χ1) is 8.70. The molecule has 0 aliphatic rings. The van der Waals surface area contributed by atoms with Crippen LogP contribution < -0.4 is 0 Å². The Morgan fingerprint density at radius 3 is 2.39 bits per heavy atom. The van der Waals surface area contributed by atoms with Crippen molar-refractivity contribution in [2.24, 2.45) is 0 Å². The van der Waals surface area contributed by atoms with Crippen LogP contribution >= 0.6 is 0 Å². The van der Waals surface area contributed by atoms with Crippen LogP contribution in [0.4, 0.5) is 0 Å². The monoisotopic (exact) mass is 242 g/mol. The average Bonchev–Trinajstić information content (AvgIpc) is 2.88. The van der Waals surface area contributed by atoms with Crippen LogP contribution in [0.15, 0.2) is 42.7 Å². The Morgan fingerprint density at radius 2 is 1.78 bits per heavy atom. The number of hydrogen-bond donors (Lipinski definition) is 0. The van der Waals surface area contributed by atoms with E-state index < -0.39 is 0 Å². The van der Waals surface area contributed by atoms with Gasteiger partial charge in [-0.25, -0.2) is 0 Å². The van der Waals surface area contributed by atoms with Crippen molar-refractivity contribution in [2.75, 3.05) is 0 Å². The molecule has 1 aromatic heterocycles. The highest BCUT2D eigenvalue weighted by Gasteiger charge is 2.14. The molecule has 1 aromatic carbocycles. The third kappa shape index (κ3) is 2.71. The molecule has 0 fully saturated rings. The summed E-state index contributed by atoms with van der Waals surface area (Å²) >= 11 is 0. The van der Waals surface area contributed by atoms with Crippen molar-refractivity contribution in [3.8, 4) is 0 Å².